The molecule has 1 aromatic heterocycles. The molecule has 0 fully saturated rings. The van der Waals surface area contributed by atoms with Gasteiger partial charge in [-0.3, -0.25) is 9.59 Å². The number of fused-ring (bicyclic) bond motifs is 1. The van der Waals surface area contributed by atoms with Gasteiger partial charge in [-0.1, -0.05) is 78.0 Å². The highest BCUT2D eigenvalue weighted by molar-refractivity contribution is 7.99. The number of rotatable bonds is 9. The predicted octanol–water partition coefficient (Wildman–Crippen LogP) is 5.18. The van der Waals surface area contributed by atoms with E-state index in [9.17, 15) is 9.59 Å². The van der Waals surface area contributed by atoms with Crippen molar-refractivity contribution in [1.82, 2.24) is 14.8 Å². The maximum absolute atomic E-state index is 12.6. The number of allylic oxidation sites excluding steroid dienone is 1. The zero-order chi connectivity index (χ0) is 23.9. The highest BCUT2D eigenvalue weighted by Gasteiger charge is 2.17. The monoisotopic (exact) mass is 491 g/mol. The molecule has 4 rings (SSSR count). The van der Waals surface area contributed by atoms with E-state index in [1.54, 1.807) is 34.9 Å². The zero-order valence-corrected chi connectivity index (χ0v) is 19.8. The van der Waals surface area contributed by atoms with Crippen LogP contribution < -0.4 is 10.6 Å². The van der Waals surface area contributed by atoms with Gasteiger partial charge in [-0.15, -0.1) is 16.8 Å². The van der Waals surface area contributed by atoms with Crippen molar-refractivity contribution in [3.05, 3.63) is 90.2 Å². The first kappa shape index (κ1) is 23.5. The number of benzene rings is 3. The molecule has 0 aliphatic heterocycles. The van der Waals surface area contributed by atoms with E-state index >= 15 is 0 Å². The van der Waals surface area contributed by atoms with E-state index < -0.39 is 0 Å². The third-order valence-electron chi connectivity index (χ3n) is 4.97. The van der Waals surface area contributed by atoms with Crippen molar-refractivity contribution in [3.8, 4) is 0 Å². The first-order valence-electron chi connectivity index (χ1n) is 10.5. The first-order valence-corrected chi connectivity index (χ1v) is 11.9. The molecule has 0 unspecified atom stereocenters. The number of halogens is 1. The average molecular weight is 492 g/mol. The standard InChI is InChI=1S/C25H22ClN5O2S/c1-2-14-31-22(15-23(32)28-21-12-6-5-11-19(21)26)29-30-25(31)34-16-24(33)27-20-13-7-9-17-8-3-4-10-18(17)20/h2-13H,1,14-16H2,(H,27,33)(H,28,32). The topological polar surface area (TPSA) is 88.9 Å². The molecule has 0 radical (unpaired) electrons. The second-order valence-electron chi connectivity index (χ2n) is 7.37. The van der Waals surface area contributed by atoms with Crippen LogP contribution in [0, 0.1) is 0 Å². The first-order chi connectivity index (χ1) is 16.5. The van der Waals surface area contributed by atoms with E-state index in [1.165, 1.54) is 11.8 Å². The molecule has 0 spiro atoms. The van der Waals surface area contributed by atoms with Gasteiger partial charge in [-0.05, 0) is 23.6 Å². The number of nitrogens with one attached hydrogen (secondary N) is 2. The molecule has 34 heavy (non-hydrogen) atoms. The van der Waals surface area contributed by atoms with Gasteiger partial charge < -0.3 is 15.2 Å². The molecule has 1 heterocycles. The Morgan fingerprint density at radius 3 is 2.47 bits per heavy atom. The number of thioether (sulfide) groups is 1. The lowest BCUT2D eigenvalue weighted by molar-refractivity contribution is -0.116. The summed E-state index contributed by atoms with van der Waals surface area (Å²) < 4.78 is 1.77. The SMILES string of the molecule is C=CCn1c(CC(=O)Nc2ccccc2Cl)nnc1SCC(=O)Nc1cccc2ccccc12. The molecular weight excluding hydrogens is 470 g/mol. The molecule has 3 aromatic carbocycles. The van der Waals surface area contributed by atoms with Crippen LogP contribution in [0.1, 0.15) is 5.82 Å². The molecule has 0 saturated heterocycles. The summed E-state index contributed by atoms with van der Waals surface area (Å²) in [6, 6.07) is 20.7. The summed E-state index contributed by atoms with van der Waals surface area (Å²) in [5.74, 6) is 0.189. The van der Waals surface area contributed by atoms with E-state index in [2.05, 4.69) is 27.4 Å². The maximum Gasteiger partial charge on any atom is 0.234 e. The smallest absolute Gasteiger partial charge is 0.234 e. The number of nitrogens with zero attached hydrogens (tertiary/aromatic N) is 3. The molecule has 0 bridgehead atoms. The van der Waals surface area contributed by atoms with Gasteiger partial charge in [0.2, 0.25) is 11.8 Å². The Kier molecular flexibility index (Phi) is 7.61. The summed E-state index contributed by atoms with van der Waals surface area (Å²) in [7, 11) is 0. The Morgan fingerprint density at radius 1 is 0.941 bits per heavy atom. The van der Waals surface area contributed by atoms with E-state index in [-0.39, 0.29) is 24.0 Å². The van der Waals surface area contributed by atoms with Gasteiger partial charge in [-0.2, -0.15) is 0 Å². The molecule has 7 nitrogen and oxygen atoms in total. The van der Waals surface area contributed by atoms with Crippen LogP contribution in [0.3, 0.4) is 0 Å². The fourth-order valence-corrected chi connectivity index (χ4v) is 4.37. The number of amides is 2. The van der Waals surface area contributed by atoms with Crippen molar-refractivity contribution >= 4 is 57.3 Å². The summed E-state index contributed by atoms with van der Waals surface area (Å²) >= 11 is 7.37. The van der Waals surface area contributed by atoms with Gasteiger partial charge in [0.15, 0.2) is 5.16 Å². The lowest BCUT2D eigenvalue weighted by Gasteiger charge is -2.10. The van der Waals surface area contributed by atoms with Crippen LogP contribution in [0.25, 0.3) is 10.8 Å². The molecule has 2 N–H and O–H groups in total. The van der Waals surface area contributed by atoms with E-state index in [1.807, 2.05) is 42.5 Å². The zero-order valence-electron chi connectivity index (χ0n) is 18.2. The molecule has 0 saturated carbocycles. The number of hydrogen-bond acceptors (Lipinski definition) is 5. The van der Waals surface area contributed by atoms with Crippen LogP contribution in [0.15, 0.2) is 84.5 Å². The van der Waals surface area contributed by atoms with Gasteiger partial charge >= 0.3 is 0 Å². The summed E-state index contributed by atoms with van der Waals surface area (Å²) in [4.78, 5) is 25.2. The van der Waals surface area contributed by atoms with Crippen molar-refractivity contribution in [2.75, 3.05) is 16.4 Å². The molecule has 4 aromatic rings. The lowest BCUT2D eigenvalue weighted by Crippen LogP contribution is -2.18. The van der Waals surface area contributed by atoms with E-state index in [4.69, 9.17) is 11.6 Å². The largest absolute Gasteiger partial charge is 0.325 e. The Bertz CT molecular complexity index is 1350. The molecule has 0 atom stereocenters. The van der Waals surface area contributed by atoms with Gasteiger partial charge in [0.05, 0.1) is 22.9 Å². The lowest BCUT2D eigenvalue weighted by atomic mass is 10.1. The van der Waals surface area contributed by atoms with Crippen LogP contribution in [0.5, 0.6) is 0 Å². The number of para-hydroxylation sites is 1. The van der Waals surface area contributed by atoms with Gasteiger partial charge in [0.1, 0.15) is 5.82 Å². The molecule has 172 valence electrons. The fraction of sp³-hybridized carbons (Fsp3) is 0.120. The second-order valence-corrected chi connectivity index (χ2v) is 8.72. The minimum atomic E-state index is -0.268. The number of hydrogen-bond donors (Lipinski definition) is 2. The Morgan fingerprint density at radius 2 is 1.65 bits per heavy atom. The van der Waals surface area contributed by atoms with E-state index in [0.29, 0.717) is 28.2 Å². The van der Waals surface area contributed by atoms with Crippen LogP contribution in [0.2, 0.25) is 5.02 Å². The maximum atomic E-state index is 12.6. The van der Waals surface area contributed by atoms with Crippen LogP contribution in [-0.2, 0) is 22.6 Å². The third-order valence-corrected chi connectivity index (χ3v) is 6.26. The fourth-order valence-electron chi connectivity index (χ4n) is 3.42. The van der Waals surface area contributed by atoms with Crippen molar-refractivity contribution in [1.29, 1.82) is 0 Å². The van der Waals surface area contributed by atoms with Crippen molar-refractivity contribution in [2.24, 2.45) is 0 Å². The van der Waals surface area contributed by atoms with Gasteiger partial charge in [0.25, 0.3) is 0 Å². The average Bonchev–Trinajstić information content (AvgIpc) is 3.20. The summed E-state index contributed by atoms with van der Waals surface area (Å²) in [5.41, 5.74) is 1.29. The normalized spacial score (nSPS) is 10.7. The van der Waals surface area contributed by atoms with Crippen LogP contribution in [-0.4, -0.2) is 32.3 Å². The number of anilines is 2. The molecule has 2 amide bonds. The number of carbonyl (C=O) groups is 2. The number of aromatic nitrogens is 3. The Labute approximate surface area is 206 Å². The molecule has 0 aliphatic carbocycles. The minimum absolute atomic E-state index is 0.00875. The predicted molar refractivity (Wildman–Crippen MR) is 137 cm³/mol. The van der Waals surface area contributed by atoms with Crippen LogP contribution in [0.4, 0.5) is 11.4 Å². The summed E-state index contributed by atoms with van der Waals surface area (Å²) in [5, 5.41) is 17.1. The molecular formula is C25H22ClN5O2S. The summed E-state index contributed by atoms with van der Waals surface area (Å²) in [6.45, 7) is 4.19. The van der Waals surface area contributed by atoms with Crippen LogP contribution >= 0.6 is 23.4 Å². The quantitative estimate of drug-likeness (QED) is 0.248. The van der Waals surface area contributed by atoms with Gasteiger partial charge in [0, 0.05) is 17.6 Å². The second kappa shape index (κ2) is 11.0. The van der Waals surface area contributed by atoms with Crippen molar-refractivity contribution in [3.63, 3.8) is 0 Å². The van der Waals surface area contributed by atoms with Crippen molar-refractivity contribution < 1.29 is 9.59 Å². The highest BCUT2D eigenvalue weighted by atomic mass is 35.5. The Balaban J connectivity index is 1.41. The number of carbonyl (C=O) groups excluding carboxylic acids is 2. The van der Waals surface area contributed by atoms with Gasteiger partial charge in [-0.25, -0.2) is 0 Å². The third kappa shape index (κ3) is 5.65. The van der Waals surface area contributed by atoms with Crippen molar-refractivity contribution in [2.45, 2.75) is 18.1 Å². The summed E-state index contributed by atoms with van der Waals surface area (Å²) in [6.07, 6.45) is 1.70. The molecule has 9 heteroatoms. The van der Waals surface area contributed by atoms with E-state index in [0.717, 1.165) is 16.5 Å². The Hall–Kier alpha value is -3.62. The molecule has 0 aliphatic rings. The highest BCUT2D eigenvalue weighted by Crippen LogP contribution is 2.24. The minimum Gasteiger partial charge on any atom is -0.325 e.